The molecule has 1 unspecified atom stereocenters. The Balaban J connectivity index is 2.18. The predicted octanol–water partition coefficient (Wildman–Crippen LogP) is 2.06. The second-order valence-corrected chi connectivity index (χ2v) is 3.79. The first-order valence-corrected chi connectivity index (χ1v) is 4.99. The molecule has 0 aliphatic heterocycles. The van der Waals surface area contributed by atoms with Crippen LogP contribution in [-0.2, 0) is 9.53 Å². The van der Waals surface area contributed by atoms with E-state index in [1.807, 2.05) is 0 Å². The summed E-state index contributed by atoms with van der Waals surface area (Å²) in [5.41, 5.74) is 0. The number of ether oxygens (including phenoxy) is 1. The Morgan fingerprint density at radius 3 is 2.62 bits per heavy atom. The van der Waals surface area contributed by atoms with Gasteiger partial charge in [-0.1, -0.05) is 25.7 Å². The third kappa shape index (κ3) is 3.35. The summed E-state index contributed by atoms with van der Waals surface area (Å²) in [6, 6.07) is 0. The quantitative estimate of drug-likeness (QED) is 0.714. The molecule has 76 valence electrons. The van der Waals surface area contributed by atoms with Gasteiger partial charge in [0.05, 0.1) is 0 Å². The number of aliphatic carboxylic acids is 1. The standard InChI is InChI=1S/C10H18O3/c1-13-9(10(11)12)7-6-8-4-2-3-5-8/h8-9H,2-7H2,1H3,(H,11,12). The average Bonchev–Trinajstić information content (AvgIpc) is 2.57. The van der Waals surface area contributed by atoms with E-state index in [-0.39, 0.29) is 0 Å². The van der Waals surface area contributed by atoms with Gasteiger partial charge in [-0.05, 0) is 18.8 Å². The Morgan fingerprint density at radius 2 is 2.15 bits per heavy atom. The Labute approximate surface area is 79.1 Å². The van der Waals surface area contributed by atoms with Gasteiger partial charge in [-0.2, -0.15) is 0 Å². The molecule has 1 saturated carbocycles. The van der Waals surface area contributed by atoms with Crippen molar-refractivity contribution in [2.24, 2.45) is 5.92 Å². The number of methoxy groups -OCH3 is 1. The van der Waals surface area contributed by atoms with Crippen molar-refractivity contribution < 1.29 is 14.6 Å². The monoisotopic (exact) mass is 186 g/mol. The van der Waals surface area contributed by atoms with Crippen LogP contribution in [0, 0.1) is 5.92 Å². The molecule has 0 heterocycles. The van der Waals surface area contributed by atoms with E-state index < -0.39 is 12.1 Å². The lowest BCUT2D eigenvalue weighted by molar-refractivity contribution is -0.149. The fourth-order valence-electron chi connectivity index (χ4n) is 2.03. The second-order valence-electron chi connectivity index (χ2n) is 3.79. The van der Waals surface area contributed by atoms with E-state index in [0.29, 0.717) is 6.42 Å². The maximum Gasteiger partial charge on any atom is 0.332 e. The zero-order chi connectivity index (χ0) is 9.68. The molecule has 0 aromatic carbocycles. The lowest BCUT2D eigenvalue weighted by Gasteiger charge is -2.13. The number of carboxylic acid groups (broad SMARTS) is 1. The van der Waals surface area contributed by atoms with Crippen LogP contribution < -0.4 is 0 Å². The first-order chi connectivity index (χ1) is 6.24. The Morgan fingerprint density at radius 1 is 1.54 bits per heavy atom. The van der Waals surface area contributed by atoms with Gasteiger partial charge in [0.15, 0.2) is 6.10 Å². The summed E-state index contributed by atoms with van der Waals surface area (Å²) >= 11 is 0. The van der Waals surface area contributed by atoms with Crippen LogP contribution in [0.4, 0.5) is 0 Å². The molecule has 0 aromatic heterocycles. The van der Waals surface area contributed by atoms with Crippen molar-refractivity contribution >= 4 is 5.97 Å². The summed E-state index contributed by atoms with van der Waals surface area (Å²) in [6.07, 6.45) is 6.25. The summed E-state index contributed by atoms with van der Waals surface area (Å²) in [4.78, 5) is 10.6. The number of hydrogen-bond donors (Lipinski definition) is 1. The van der Waals surface area contributed by atoms with Crippen molar-refractivity contribution in [2.45, 2.75) is 44.6 Å². The van der Waals surface area contributed by atoms with Gasteiger partial charge in [-0.3, -0.25) is 0 Å². The third-order valence-electron chi connectivity index (χ3n) is 2.87. The van der Waals surface area contributed by atoms with Crippen LogP contribution in [0.3, 0.4) is 0 Å². The van der Waals surface area contributed by atoms with Crippen LogP contribution in [0.2, 0.25) is 0 Å². The van der Waals surface area contributed by atoms with Crippen molar-refractivity contribution in [3.8, 4) is 0 Å². The van der Waals surface area contributed by atoms with E-state index in [1.165, 1.54) is 32.8 Å². The average molecular weight is 186 g/mol. The number of carbonyl (C=O) groups is 1. The topological polar surface area (TPSA) is 46.5 Å². The van der Waals surface area contributed by atoms with E-state index in [4.69, 9.17) is 9.84 Å². The third-order valence-corrected chi connectivity index (χ3v) is 2.87. The Bertz CT molecular complexity index is 162. The van der Waals surface area contributed by atoms with E-state index in [2.05, 4.69) is 0 Å². The van der Waals surface area contributed by atoms with Crippen LogP contribution in [0.25, 0.3) is 0 Å². The fourth-order valence-corrected chi connectivity index (χ4v) is 2.03. The molecular formula is C10H18O3. The molecule has 1 atom stereocenters. The van der Waals surface area contributed by atoms with E-state index >= 15 is 0 Å². The summed E-state index contributed by atoms with van der Waals surface area (Å²) in [6.45, 7) is 0. The molecule has 1 fully saturated rings. The highest BCUT2D eigenvalue weighted by Gasteiger charge is 2.20. The molecule has 0 aromatic rings. The van der Waals surface area contributed by atoms with Gasteiger partial charge in [0.1, 0.15) is 0 Å². The molecule has 0 amide bonds. The normalized spacial score (nSPS) is 20.4. The minimum atomic E-state index is -0.833. The predicted molar refractivity (Wildman–Crippen MR) is 49.6 cm³/mol. The van der Waals surface area contributed by atoms with Crippen molar-refractivity contribution in [2.75, 3.05) is 7.11 Å². The lowest BCUT2D eigenvalue weighted by atomic mass is 9.99. The van der Waals surface area contributed by atoms with Gasteiger partial charge in [0.2, 0.25) is 0 Å². The molecule has 0 saturated heterocycles. The van der Waals surface area contributed by atoms with Crippen LogP contribution >= 0.6 is 0 Å². The van der Waals surface area contributed by atoms with Gasteiger partial charge in [0.25, 0.3) is 0 Å². The minimum Gasteiger partial charge on any atom is -0.479 e. The molecule has 0 bridgehead atoms. The largest absolute Gasteiger partial charge is 0.479 e. The maximum absolute atomic E-state index is 10.6. The summed E-state index contributed by atoms with van der Waals surface area (Å²) in [7, 11) is 1.47. The second kappa shape index (κ2) is 5.22. The summed E-state index contributed by atoms with van der Waals surface area (Å²) in [5, 5.41) is 8.72. The van der Waals surface area contributed by atoms with Crippen molar-refractivity contribution in [3.05, 3.63) is 0 Å². The molecular weight excluding hydrogens is 168 g/mol. The van der Waals surface area contributed by atoms with Gasteiger partial charge in [-0.25, -0.2) is 4.79 Å². The molecule has 0 radical (unpaired) electrons. The van der Waals surface area contributed by atoms with Crippen LogP contribution in [0.1, 0.15) is 38.5 Å². The number of rotatable bonds is 5. The lowest BCUT2D eigenvalue weighted by Crippen LogP contribution is -2.22. The van der Waals surface area contributed by atoms with Crippen LogP contribution in [0.15, 0.2) is 0 Å². The number of hydrogen-bond acceptors (Lipinski definition) is 2. The molecule has 1 rings (SSSR count). The van der Waals surface area contributed by atoms with Crippen molar-refractivity contribution in [1.82, 2.24) is 0 Å². The highest BCUT2D eigenvalue weighted by Crippen LogP contribution is 2.29. The zero-order valence-corrected chi connectivity index (χ0v) is 8.16. The molecule has 1 aliphatic rings. The molecule has 3 heteroatoms. The summed E-state index contributed by atoms with van der Waals surface area (Å²) < 4.78 is 4.87. The highest BCUT2D eigenvalue weighted by molar-refractivity contribution is 5.72. The van der Waals surface area contributed by atoms with E-state index in [1.54, 1.807) is 0 Å². The molecule has 0 spiro atoms. The highest BCUT2D eigenvalue weighted by atomic mass is 16.5. The van der Waals surface area contributed by atoms with E-state index in [0.717, 1.165) is 12.3 Å². The first-order valence-electron chi connectivity index (χ1n) is 4.99. The van der Waals surface area contributed by atoms with Gasteiger partial charge >= 0.3 is 5.97 Å². The molecule has 1 N–H and O–H groups in total. The Hall–Kier alpha value is -0.570. The fraction of sp³-hybridized carbons (Fsp3) is 0.900. The molecule has 3 nitrogen and oxygen atoms in total. The molecule has 1 aliphatic carbocycles. The smallest absolute Gasteiger partial charge is 0.332 e. The zero-order valence-electron chi connectivity index (χ0n) is 8.16. The number of carboxylic acids is 1. The first kappa shape index (κ1) is 10.5. The SMILES string of the molecule is COC(CCC1CCCC1)C(=O)O. The minimum absolute atomic E-state index is 0.597. The van der Waals surface area contributed by atoms with Gasteiger partial charge < -0.3 is 9.84 Å². The summed E-state index contributed by atoms with van der Waals surface area (Å²) in [5.74, 6) is -0.0857. The molecule has 13 heavy (non-hydrogen) atoms. The van der Waals surface area contributed by atoms with Gasteiger partial charge in [0, 0.05) is 7.11 Å². The van der Waals surface area contributed by atoms with Crippen molar-refractivity contribution in [1.29, 1.82) is 0 Å². The Kier molecular flexibility index (Phi) is 4.22. The van der Waals surface area contributed by atoms with E-state index in [9.17, 15) is 4.79 Å². The van der Waals surface area contributed by atoms with Crippen molar-refractivity contribution in [3.63, 3.8) is 0 Å². The van der Waals surface area contributed by atoms with Crippen LogP contribution in [0.5, 0.6) is 0 Å². The maximum atomic E-state index is 10.6. The van der Waals surface area contributed by atoms with Crippen LogP contribution in [-0.4, -0.2) is 24.3 Å². The van der Waals surface area contributed by atoms with Gasteiger partial charge in [-0.15, -0.1) is 0 Å².